The molecule has 1 aromatic carbocycles. The summed E-state index contributed by atoms with van der Waals surface area (Å²) in [5.41, 5.74) is 2.73. The van der Waals surface area contributed by atoms with Gasteiger partial charge in [0.1, 0.15) is 5.82 Å². The first-order valence-corrected chi connectivity index (χ1v) is 8.48. The average Bonchev–Trinajstić information content (AvgIpc) is 2.98. The first-order chi connectivity index (χ1) is 11.2. The van der Waals surface area contributed by atoms with Crippen LogP contribution >= 0.6 is 0 Å². The monoisotopic (exact) mass is 311 g/mol. The fourth-order valence-corrected chi connectivity index (χ4v) is 3.52. The van der Waals surface area contributed by atoms with Gasteiger partial charge >= 0.3 is 0 Å². The highest BCUT2D eigenvalue weighted by Gasteiger charge is 2.26. The van der Waals surface area contributed by atoms with E-state index in [-0.39, 0.29) is 11.9 Å². The third-order valence-corrected chi connectivity index (χ3v) is 4.91. The van der Waals surface area contributed by atoms with E-state index in [1.165, 1.54) is 11.1 Å². The summed E-state index contributed by atoms with van der Waals surface area (Å²) < 4.78 is 2.10. The molecule has 0 aliphatic heterocycles. The van der Waals surface area contributed by atoms with Crippen LogP contribution in [0.5, 0.6) is 0 Å². The van der Waals surface area contributed by atoms with E-state index in [4.69, 9.17) is 0 Å². The molecule has 1 aromatic heterocycles. The normalized spacial score (nSPS) is 16.9. The Morgan fingerprint density at radius 2 is 2.22 bits per heavy atom. The van der Waals surface area contributed by atoms with Crippen LogP contribution in [0.1, 0.15) is 48.7 Å². The summed E-state index contributed by atoms with van der Waals surface area (Å²) in [4.78, 5) is 18.7. The second kappa shape index (κ2) is 6.99. The van der Waals surface area contributed by atoms with E-state index in [2.05, 4.69) is 33.8 Å². The Labute approximate surface area is 138 Å². The molecule has 0 saturated heterocycles. The minimum atomic E-state index is 0.238. The summed E-state index contributed by atoms with van der Waals surface area (Å²) >= 11 is 0. The van der Waals surface area contributed by atoms with Crippen molar-refractivity contribution in [2.24, 2.45) is 0 Å². The van der Waals surface area contributed by atoms with Gasteiger partial charge in [-0.3, -0.25) is 4.79 Å². The van der Waals surface area contributed by atoms with Gasteiger partial charge in [-0.15, -0.1) is 0 Å². The lowest BCUT2D eigenvalue weighted by molar-refractivity contribution is -0.132. The molecule has 0 N–H and O–H groups in total. The Morgan fingerprint density at radius 3 is 3.00 bits per heavy atom. The van der Waals surface area contributed by atoms with E-state index in [9.17, 15) is 4.79 Å². The Bertz CT molecular complexity index is 677. The van der Waals surface area contributed by atoms with Gasteiger partial charge in [0.05, 0.1) is 6.04 Å². The number of nitrogens with zero attached hydrogens (tertiary/aromatic N) is 3. The van der Waals surface area contributed by atoms with Gasteiger partial charge in [-0.05, 0) is 43.7 Å². The van der Waals surface area contributed by atoms with Crippen LogP contribution in [0.25, 0.3) is 0 Å². The molecule has 0 spiro atoms. The van der Waals surface area contributed by atoms with Gasteiger partial charge in [-0.25, -0.2) is 4.98 Å². The molecule has 0 bridgehead atoms. The molecule has 3 rings (SSSR count). The second-order valence-electron chi connectivity index (χ2n) is 6.38. The fraction of sp³-hybridized carbons (Fsp3) is 0.474. The quantitative estimate of drug-likeness (QED) is 0.847. The SMILES string of the molecule is Cc1nccn1CCCC(=O)N(C)C1CCCc2ccccc21. The fourth-order valence-electron chi connectivity index (χ4n) is 3.52. The van der Waals surface area contributed by atoms with E-state index in [0.717, 1.165) is 38.1 Å². The number of fused-ring (bicyclic) bond motifs is 1. The standard InChI is InChI=1S/C19H25N3O/c1-15-20-12-14-22(15)13-6-11-19(23)21(2)18-10-5-8-16-7-3-4-9-17(16)18/h3-4,7,9,12,14,18H,5-6,8,10-11,13H2,1-2H3. The zero-order valence-corrected chi connectivity index (χ0v) is 14.0. The summed E-state index contributed by atoms with van der Waals surface area (Å²) in [6.45, 7) is 2.85. The van der Waals surface area contributed by atoms with Gasteiger partial charge in [0.15, 0.2) is 0 Å². The lowest BCUT2D eigenvalue weighted by Crippen LogP contribution is -2.33. The average molecular weight is 311 g/mol. The maximum absolute atomic E-state index is 12.6. The highest BCUT2D eigenvalue weighted by atomic mass is 16.2. The zero-order valence-electron chi connectivity index (χ0n) is 14.0. The van der Waals surface area contributed by atoms with Crippen LogP contribution in [0.3, 0.4) is 0 Å². The van der Waals surface area contributed by atoms with Crippen molar-refractivity contribution < 1.29 is 4.79 Å². The molecular formula is C19H25N3O. The van der Waals surface area contributed by atoms with Gasteiger partial charge in [0.25, 0.3) is 0 Å². The molecule has 1 aliphatic rings. The van der Waals surface area contributed by atoms with Crippen LogP contribution in [0.4, 0.5) is 0 Å². The van der Waals surface area contributed by atoms with E-state index in [1.807, 2.05) is 31.3 Å². The van der Waals surface area contributed by atoms with Crippen molar-refractivity contribution in [3.8, 4) is 0 Å². The van der Waals surface area contributed by atoms with E-state index in [0.29, 0.717) is 6.42 Å². The third-order valence-electron chi connectivity index (χ3n) is 4.91. The number of amides is 1. The second-order valence-corrected chi connectivity index (χ2v) is 6.38. The smallest absolute Gasteiger partial charge is 0.222 e. The highest BCUT2D eigenvalue weighted by molar-refractivity contribution is 5.76. The molecule has 2 aromatic rings. The molecule has 0 radical (unpaired) electrons. The van der Waals surface area contributed by atoms with Crippen molar-refractivity contribution in [3.05, 3.63) is 53.6 Å². The Kier molecular flexibility index (Phi) is 4.79. The Morgan fingerprint density at radius 1 is 1.39 bits per heavy atom. The minimum Gasteiger partial charge on any atom is -0.339 e. The summed E-state index contributed by atoms with van der Waals surface area (Å²) in [6, 6.07) is 8.79. The van der Waals surface area contributed by atoms with E-state index in [1.54, 1.807) is 0 Å². The number of aromatic nitrogens is 2. The first kappa shape index (κ1) is 15.8. The van der Waals surface area contributed by atoms with Gasteiger partial charge in [0.2, 0.25) is 5.91 Å². The summed E-state index contributed by atoms with van der Waals surface area (Å²) in [5, 5.41) is 0. The zero-order chi connectivity index (χ0) is 16.2. The van der Waals surface area contributed by atoms with Gasteiger partial charge in [0, 0.05) is 32.4 Å². The Hall–Kier alpha value is -2.10. The first-order valence-electron chi connectivity index (χ1n) is 8.48. The van der Waals surface area contributed by atoms with E-state index >= 15 is 0 Å². The van der Waals surface area contributed by atoms with Gasteiger partial charge in [-0.1, -0.05) is 24.3 Å². The lowest BCUT2D eigenvalue weighted by atomic mass is 9.87. The molecule has 0 fully saturated rings. The van der Waals surface area contributed by atoms with E-state index < -0.39 is 0 Å². The number of hydrogen-bond acceptors (Lipinski definition) is 2. The molecule has 1 atom stereocenters. The maximum atomic E-state index is 12.6. The molecule has 1 amide bonds. The maximum Gasteiger partial charge on any atom is 0.222 e. The predicted molar refractivity (Wildman–Crippen MR) is 91.1 cm³/mol. The van der Waals surface area contributed by atoms with Crippen molar-refractivity contribution in [2.75, 3.05) is 7.05 Å². The molecule has 1 unspecified atom stereocenters. The van der Waals surface area contributed by atoms with Crippen molar-refractivity contribution >= 4 is 5.91 Å². The largest absolute Gasteiger partial charge is 0.339 e. The highest BCUT2D eigenvalue weighted by Crippen LogP contribution is 2.33. The molecule has 0 saturated carbocycles. The number of rotatable bonds is 5. The van der Waals surface area contributed by atoms with Crippen LogP contribution in [-0.2, 0) is 17.8 Å². The van der Waals surface area contributed by atoms with Gasteiger partial charge < -0.3 is 9.47 Å². The topological polar surface area (TPSA) is 38.1 Å². The molecular weight excluding hydrogens is 286 g/mol. The number of aryl methyl sites for hydroxylation is 3. The molecule has 4 heteroatoms. The van der Waals surface area contributed by atoms with Crippen LogP contribution < -0.4 is 0 Å². The number of carbonyl (C=O) groups excluding carboxylic acids is 1. The van der Waals surface area contributed by atoms with Crippen molar-refractivity contribution in [2.45, 2.75) is 51.6 Å². The van der Waals surface area contributed by atoms with Gasteiger partial charge in [-0.2, -0.15) is 0 Å². The Balaban J connectivity index is 1.59. The number of imidazole rings is 1. The van der Waals surface area contributed by atoms with Crippen molar-refractivity contribution in [1.29, 1.82) is 0 Å². The van der Waals surface area contributed by atoms with Crippen molar-refractivity contribution in [3.63, 3.8) is 0 Å². The van der Waals surface area contributed by atoms with Crippen LogP contribution in [0.2, 0.25) is 0 Å². The summed E-state index contributed by atoms with van der Waals surface area (Å²) in [7, 11) is 1.96. The molecule has 1 heterocycles. The molecule has 23 heavy (non-hydrogen) atoms. The molecule has 1 aliphatic carbocycles. The number of benzene rings is 1. The van der Waals surface area contributed by atoms with Crippen molar-refractivity contribution in [1.82, 2.24) is 14.5 Å². The summed E-state index contributed by atoms with van der Waals surface area (Å²) in [5.74, 6) is 1.25. The van der Waals surface area contributed by atoms with Crippen LogP contribution in [0, 0.1) is 6.92 Å². The summed E-state index contributed by atoms with van der Waals surface area (Å²) in [6.07, 6.45) is 8.59. The van der Waals surface area contributed by atoms with Crippen LogP contribution in [0.15, 0.2) is 36.7 Å². The molecule has 4 nitrogen and oxygen atoms in total. The predicted octanol–water partition coefficient (Wildman–Crippen LogP) is 3.51. The minimum absolute atomic E-state index is 0.238. The number of hydrogen-bond donors (Lipinski definition) is 0. The lowest BCUT2D eigenvalue weighted by Gasteiger charge is -2.33. The molecule has 122 valence electrons. The number of carbonyl (C=O) groups is 1. The van der Waals surface area contributed by atoms with Crippen LogP contribution in [-0.4, -0.2) is 27.4 Å². The third kappa shape index (κ3) is 3.46.